The van der Waals surface area contributed by atoms with Gasteiger partial charge in [-0.1, -0.05) is 59.6 Å². The Kier molecular flexibility index (Phi) is 11.0. The number of methoxy groups -OCH3 is 1. The molecule has 0 N–H and O–H groups in total. The fourth-order valence-corrected chi connectivity index (χ4v) is 10.1. The van der Waals surface area contributed by atoms with E-state index in [2.05, 4.69) is 64.8 Å². The molecule has 1 aromatic rings. The SMILES string of the molecule is COc1cccc(/C(C#CC#C[Si](C(C)C)(C(C)C)C(C)C)=C\C(=O)N(C(C)C)C(C)C)c1. The van der Waals surface area contributed by atoms with Gasteiger partial charge in [0.2, 0.25) is 5.91 Å². The third-order valence-electron chi connectivity index (χ3n) is 6.42. The number of nitrogens with zero attached hydrogens (tertiary/aromatic N) is 1. The minimum absolute atomic E-state index is 0.0460. The first-order valence-electron chi connectivity index (χ1n) is 12.1. The van der Waals surface area contributed by atoms with E-state index in [1.807, 2.05) is 56.9 Å². The molecule has 180 valence electrons. The zero-order valence-corrected chi connectivity index (χ0v) is 23.5. The molecule has 0 aliphatic rings. The van der Waals surface area contributed by atoms with Crippen LogP contribution in [0, 0.1) is 23.3 Å². The number of ether oxygens (including phenoxy) is 1. The van der Waals surface area contributed by atoms with Gasteiger partial charge in [-0.15, -0.1) is 5.54 Å². The molecule has 0 aromatic heterocycles. The second kappa shape index (κ2) is 12.7. The summed E-state index contributed by atoms with van der Waals surface area (Å²) in [6.45, 7) is 21.9. The van der Waals surface area contributed by atoms with Gasteiger partial charge in [0.25, 0.3) is 0 Å². The Balaban J connectivity index is 3.56. The average Bonchev–Trinajstić information content (AvgIpc) is 2.71. The van der Waals surface area contributed by atoms with Gasteiger partial charge in [0, 0.05) is 23.7 Å². The molecule has 0 radical (unpaired) electrons. The Bertz CT molecular complexity index is 919. The lowest BCUT2D eigenvalue weighted by Crippen LogP contribution is -2.43. The van der Waals surface area contributed by atoms with Crippen molar-refractivity contribution in [1.82, 2.24) is 4.90 Å². The molecule has 4 heteroatoms. The second-order valence-corrected chi connectivity index (χ2v) is 15.7. The van der Waals surface area contributed by atoms with Gasteiger partial charge in [0.1, 0.15) is 13.8 Å². The highest BCUT2D eigenvalue weighted by atomic mass is 28.3. The van der Waals surface area contributed by atoms with Gasteiger partial charge in [-0.05, 0) is 73.9 Å². The van der Waals surface area contributed by atoms with Crippen LogP contribution in [0.2, 0.25) is 16.6 Å². The number of hydrogen-bond acceptors (Lipinski definition) is 2. The lowest BCUT2D eigenvalue weighted by Gasteiger charge is -2.37. The predicted molar refractivity (Wildman–Crippen MR) is 145 cm³/mol. The molecule has 0 aliphatic carbocycles. The van der Waals surface area contributed by atoms with Crippen LogP contribution in [0.5, 0.6) is 5.75 Å². The fourth-order valence-electron chi connectivity index (χ4n) is 4.96. The van der Waals surface area contributed by atoms with Gasteiger partial charge in [-0.25, -0.2) is 0 Å². The summed E-state index contributed by atoms with van der Waals surface area (Å²) in [7, 11) is -0.215. The highest BCUT2D eigenvalue weighted by Crippen LogP contribution is 2.40. The highest BCUT2D eigenvalue weighted by Gasteiger charge is 2.41. The van der Waals surface area contributed by atoms with Crippen molar-refractivity contribution >= 4 is 19.6 Å². The van der Waals surface area contributed by atoms with Crippen molar-refractivity contribution in [2.24, 2.45) is 0 Å². The summed E-state index contributed by atoms with van der Waals surface area (Å²) in [5.74, 6) is 10.2. The molecular formula is C29H43NO2Si. The van der Waals surface area contributed by atoms with Gasteiger partial charge in [-0.2, -0.15) is 0 Å². The molecule has 0 fully saturated rings. The first kappa shape index (κ1) is 28.6. The topological polar surface area (TPSA) is 29.5 Å². The molecule has 1 rings (SSSR count). The number of rotatable bonds is 8. The molecule has 0 bridgehead atoms. The zero-order valence-electron chi connectivity index (χ0n) is 22.5. The van der Waals surface area contributed by atoms with Crippen molar-refractivity contribution < 1.29 is 9.53 Å². The minimum Gasteiger partial charge on any atom is -0.497 e. The summed E-state index contributed by atoms with van der Waals surface area (Å²) in [5, 5.41) is 0. The maximum Gasteiger partial charge on any atom is 0.248 e. The van der Waals surface area contributed by atoms with Gasteiger partial charge < -0.3 is 9.64 Å². The number of amides is 1. The van der Waals surface area contributed by atoms with E-state index in [1.165, 1.54) is 0 Å². The van der Waals surface area contributed by atoms with Crippen molar-refractivity contribution in [3.8, 4) is 29.1 Å². The molecule has 1 amide bonds. The Morgan fingerprint density at radius 2 is 1.45 bits per heavy atom. The number of carbonyl (C=O) groups excluding carboxylic acids is 1. The monoisotopic (exact) mass is 465 g/mol. The molecule has 0 unspecified atom stereocenters. The van der Waals surface area contributed by atoms with E-state index in [1.54, 1.807) is 13.2 Å². The molecule has 0 atom stereocenters. The Morgan fingerprint density at radius 3 is 1.91 bits per heavy atom. The molecule has 1 aromatic carbocycles. The van der Waals surface area contributed by atoms with Crippen molar-refractivity contribution in [1.29, 1.82) is 0 Å². The first-order chi connectivity index (χ1) is 15.4. The van der Waals surface area contributed by atoms with Gasteiger partial charge in [0.05, 0.1) is 7.11 Å². The Morgan fingerprint density at radius 1 is 0.909 bits per heavy atom. The summed E-state index contributed by atoms with van der Waals surface area (Å²) in [4.78, 5) is 15.0. The van der Waals surface area contributed by atoms with Gasteiger partial charge >= 0.3 is 0 Å². The maximum absolute atomic E-state index is 13.1. The molecule has 0 heterocycles. The number of allylic oxidation sites excluding steroid dienone is 1. The molecule has 0 aliphatic heterocycles. The minimum atomic E-state index is -1.85. The summed E-state index contributed by atoms with van der Waals surface area (Å²) in [5.41, 5.74) is 6.80. The Labute approximate surface area is 204 Å². The van der Waals surface area contributed by atoms with E-state index in [0.29, 0.717) is 22.2 Å². The number of benzene rings is 1. The Hall–Kier alpha value is -2.43. The zero-order chi connectivity index (χ0) is 25.3. The molecule has 0 spiro atoms. The van der Waals surface area contributed by atoms with E-state index in [-0.39, 0.29) is 18.0 Å². The molecule has 33 heavy (non-hydrogen) atoms. The summed E-state index contributed by atoms with van der Waals surface area (Å²) in [6, 6.07) is 7.86. The van der Waals surface area contributed by atoms with Gasteiger partial charge in [-0.3, -0.25) is 4.79 Å². The van der Waals surface area contributed by atoms with Crippen LogP contribution in [0.1, 0.15) is 74.8 Å². The highest BCUT2D eigenvalue weighted by molar-refractivity contribution is 6.90. The standard InChI is InChI=1S/C29H43NO2Si/c1-21(2)30(22(3)4)29(31)20-27(26-16-14-17-28(19-26)32-11)15-12-13-18-33(23(5)6,24(7)8)25(9)10/h14,16-17,19-25H,1-11H3/b27-20-. The van der Waals surface area contributed by atoms with Crippen LogP contribution in [-0.4, -0.2) is 38.1 Å². The lowest BCUT2D eigenvalue weighted by atomic mass is 10.0. The molecular weight excluding hydrogens is 422 g/mol. The largest absolute Gasteiger partial charge is 0.497 e. The van der Waals surface area contributed by atoms with Crippen LogP contribution < -0.4 is 4.74 Å². The van der Waals surface area contributed by atoms with Crippen LogP contribution in [0.15, 0.2) is 30.3 Å². The fraction of sp³-hybridized carbons (Fsp3) is 0.552. The number of hydrogen-bond donors (Lipinski definition) is 0. The van der Waals surface area contributed by atoms with Crippen molar-refractivity contribution in [2.45, 2.75) is 97.9 Å². The third-order valence-corrected chi connectivity index (χ3v) is 12.7. The quantitative estimate of drug-likeness (QED) is 0.236. The van der Waals surface area contributed by atoms with Crippen LogP contribution in [0.4, 0.5) is 0 Å². The van der Waals surface area contributed by atoms with Crippen molar-refractivity contribution in [3.63, 3.8) is 0 Å². The van der Waals surface area contributed by atoms with Crippen LogP contribution in [0.3, 0.4) is 0 Å². The van der Waals surface area contributed by atoms with Crippen LogP contribution >= 0.6 is 0 Å². The summed E-state index contributed by atoms with van der Waals surface area (Å²) in [6.07, 6.45) is 1.64. The van der Waals surface area contributed by atoms with E-state index in [9.17, 15) is 4.79 Å². The predicted octanol–water partition coefficient (Wildman–Crippen LogP) is 6.95. The second-order valence-electron chi connectivity index (χ2n) is 10.1. The van der Waals surface area contributed by atoms with Crippen molar-refractivity contribution in [2.75, 3.05) is 7.11 Å². The third kappa shape index (κ3) is 7.28. The van der Waals surface area contributed by atoms with E-state index in [0.717, 1.165) is 11.3 Å². The van der Waals surface area contributed by atoms with Gasteiger partial charge in [0.15, 0.2) is 0 Å². The van der Waals surface area contributed by atoms with E-state index >= 15 is 0 Å². The molecule has 0 saturated carbocycles. The lowest BCUT2D eigenvalue weighted by molar-refractivity contribution is -0.129. The average molecular weight is 466 g/mol. The molecule has 0 saturated heterocycles. The van der Waals surface area contributed by atoms with E-state index < -0.39 is 8.07 Å². The van der Waals surface area contributed by atoms with Crippen LogP contribution in [-0.2, 0) is 4.79 Å². The smallest absolute Gasteiger partial charge is 0.248 e. The van der Waals surface area contributed by atoms with Crippen molar-refractivity contribution in [3.05, 3.63) is 35.9 Å². The summed E-state index contributed by atoms with van der Waals surface area (Å²) < 4.78 is 5.39. The van der Waals surface area contributed by atoms with E-state index in [4.69, 9.17) is 4.74 Å². The maximum atomic E-state index is 13.1. The van der Waals surface area contributed by atoms with Crippen LogP contribution in [0.25, 0.3) is 5.57 Å². The number of carbonyl (C=O) groups is 1. The normalized spacial score (nSPS) is 12.1. The molecule has 3 nitrogen and oxygen atoms in total. The first-order valence-corrected chi connectivity index (χ1v) is 14.3. The summed E-state index contributed by atoms with van der Waals surface area (Å²) >= 11 is 0.